The van der Waals surface area contributed by atoms with Crippen molar-refractivity contribution < 1.29 is 14.6 Å². The van der Waals surface area contributed by atoms with E-state index in [2.05, 4.69) is 19.2 Å². The summed E-state index contributed by atoms with van der Waals surface area (Å²) in [6.45, 7) is 5.86. The zero-order chi connectivity index (χ0) is 13.9. The third-order valence-electron chi connectivity index (χ3n) is 3.96. The van der Waals surface area contributed by atoms with Crippen molar-refractivity contribution >= 4 is 5.97 Å². The lowest BCUT2D eigenvalue weighted by Gasteiger charge is -2.29. The van der Waals surface area contributed by atoms with Crippen LogP contribution in [0.2, 0.25) is 0 Å². The summed E-state index contributed by atoms with van der Waals surface area (Å²) in [4.78, 5) is 10.6. The molecule has 2 atom stereocenters. The van der Waals surface area contributed by atoms with Crippen LogP contribution >= 0.6 is 0 Å². The monoisotopic (exact) mass is 263 g/mol. The first-order chi connectivity index (χ1) is 8.99. The molecular formula is C15H21NO3. The van der Waals surface area contributed by atoms with E-state index < -0.39 is 5.97 Å². The van der Waals surface area contributed by atoms with Gasteiger partial charge in [0.15, 0.2) is 0 Å². The van der Waals surface area contributed by atoms with Crippen molar-refractivity contribution in [1.29, 1.82) is 0 Å². The van der Waals surface area contributed by atoms with Gasteiger partial charge in [-0.15, -0.1) is 0 Å². The quantitative estimate of drug-likeness (QED) is 0.852. The van der Waals surface area contributed by atoms with E-state index >= 15 is 0 Å². The molecule has 2 rings (SSSR count). The Bertz CT molecular complexity index is 443. The van der Waals surface area contributed by atoms with Crippen molar-refractivity contribution in [2.75, 3.05) is 6.61 Å². The van der Waals surface area contributed by atoms with Gasteiger partial charge >= 0.3 is 5.97 Å². The third kappa shape index (κ3) is 3.55. The molecule has 1 aromatic rings. The van der Waals surface area contributed by atoms with E-state index in [1.165, 1.54) is 0 Å². The topological polar surface area (TPSA) is 58.6 Å². The standard InChI is InChI=1S/C15H21NO3/c1-11-15(2,7-8-19-11)16-10-13-5-3-12(4-6-13)9-14(17)18/h3-6,11,16H,7-10H2,1-2H3,(H,17,18). The number of carboxylic acid groups (broad SMARTS) is 1. The number of hydrogen-bond acceptors (Lipinski definition) is 3. The van der Waals surface area contributed by atoms with Gasteiger partial charge in [0.25, 0.3) is 0 Å². The Morgan fingerprint density at radius 1 is 1.42 bits per heavy atom. The number of rotatable bonds is 5. The summed E-state index contributed by atoms with van der Waals surface area (Å²) in [7, 11) is 0. The first-order valence-electron chi connectivity index (χ1n) is 6.66. The highest BCUT2D eigenvalue weighted by Crippen LogP contribution is 2.25. The molecule has 1 aliphatic rings. The Morgan fingerprint density at radius 2 is 2.05 bits per heavy atom. The molecule has 19 heavy (non-hydrogen) atoms. The predicted octanol–water partition coefficient (Wildman–Crippen LogP) is 1.97. The molecule has 0 spiro atoms. The van der Waals surface area contributed by atoms with Gasteiger partial charge in [-0.2, -0.15) is 0 Å². The summed E-state index contributed by atoms with van der Waals surface area (Å²) in [5, 5.41) is 12.3. The Labute approximate surface area is 113 Å². The number of carbonyl (C=O) groups is 1. The molecule has 2 N–H and O–H groups in total. The molecule has 1 aliphatic heterocycles. The van der Waals surface area contributed by atoms with Gasteiger partial charge in [-0.05, 0) is 31.4 Å². The average molecular weight is 263 g/mol. The number of carboxylic acids is 1. The maximum Gasteiger partial charge on any atom is 0.307 e. The summed E-state index contributed by atoms with van der Waals surface area (Å²) >= 11 is 0. The Kier molecular flexibility index (Phi) is 4.22. The molecule has 2 unspecified atom stereocenters. The number of benzene rings is 1. The fraction of sp³-hybridized carbons (Fsp3) is 0.533. The van der Waals surface area contributed by atoms with E-state index in [1.807, 2.05) is 24.3 Å². The van der Waals surface area contributed by atoms with Crippen LogP contribution in [-0.4, -0.2) is 29.3 Å². The molecule has 4 nitrogen and oxygen atoms in total. The van der Waals surface area contributed by atoms with Crippen LogP contribution in [0.1, 0.15) is 31.4 Å². The highest BCUT2D eigenvalue weighted by Gasteiger charge is 2.36. The second-order valence-electron chi connectivity index (χ2n) is 5.42. The SMILES string of the molecule is CC1OCCC1(C)NCc1ccc(CC(=O)O)cc1. The van der Waals surface area contributed by atoms with Crippen molar-refractivity contribution in [3.63, 3.8) is 0 Å². The second-order valence-corrected chi connectivity index (χ2v) is 5.42. The average Bonchev–Trinajstić information content (AvgIpc) is 2.69. The van der Waals surface area contributed by atoms with Crippen molar-refractivity contribution in [3.05, 3.63) is 35.4 Å². The maximum atomic E-state index is 10.6. The lowest BCUT2D eigenvalue weighted by molar-refractivity contribution is -0.136. The highest BCUT2D eigenvalue weighted by atomic mass is 16.5. The molecular weight excluding hydrogens is 242 g/mol. The van der Waals surface area contributed by atoms with Crippen LogP contribution in [0.5, 0.6) is 0 Å². The first-order valence-corrected chi connectivity index (χ1v) is 6.66. The molecule has 0 bridgehead atoms. The Hall–Kier alpha value is -1.39. The number of aliphatic carboxylic acids is 1. The van der Waals surface area contributed by atoms with Crippen molar-refractivity contribution in [1.82, 2.24) is 5.32 Å². The predicted molar refractivity (Wildman–Crippen MR) is 73.1 cm³/mol. The molecule has 0 radical (unpaired) electrons. The smallest absolute Gasteiger partial charge is 0.307 e. The summed E-state index contributed by atoms with van der Waals surface area (Å²) < 4.78 is 5.59. The van der Waals surface area contributed by atoms with Crippen LogP contribution in [0.3, 0.4) is 0 Å². The van der Waals surface area contributed by atoms with Crippen LogP contribution in [-0.2, 0) is 22.5 Å². The minimum absolute atomic E-state index is 0.0275. The van der Waals surface area contributed by atoms with Gasteiger partial charge in [0.2, 0.25) is 0 Å². The zero-order valence-corrected chi connectivity index (χ0v) is 11.5. The van der Waals surface area contributed by atoms with E-state index in [1.54, 1.807) is 0 Å². The van der Waals surface area contributed by atoms with E-state index in [9.17, 15) is 4.79 Å². The van der Waals surface area contributed by atoms with Gasteiger partial charge in [-0.3, -0.25) is 4.79 Å². The van der Waals surface area contributed by atoms with Crippen LogP contribution < -0.4 is 5.32 Å². The van der Waals surface area contributed by atoms with Crippen molar-refractivity contribution in [2.24, 2.45) is 0 Å². The van der Waals surface area contributed by atoms with Crippen LogP contribution in [0.15, 0.2) is 24.3 Å². The van der Waals surface area contributed by atoms with Crippen molar-refractivity contribution in [2.45, 2.75) is 44.9 Å². The minimum atomic E-state index is -0.796. The molecule has 0 aliphatic carbocycles. The fourth-order valence-electron chi connectivity index (χ4n) is 2.32. The molecule has 1 saturated heterocycles. The van der Waals surface area contributed by atoms with E-state index in [0.717, 1.165) is 30.7 Å². The lowest BCUT2D eigenvalue weighted by atomic mass is 9.94. The summed E-state index contributed by atoms with van der Waals surface area (Å²) in [6.07, 6.45) is 1.32. The van der Waals surface area contributed by atoms with E-state index in [4.69, 9.17) is 9.84 Å². The van der Waals surface area contributed by atoms with Crippen LogP contribution in [0, 0.1) is 0 Å². The van der Waals surface area contributed by atoms with Gasteiger partial charge in [-0.1, -0.05) is 24.3 Å². The number of nitrogens with one attached hydrogen (secondary N) is 1. The highest BCUT2D eigenvalue weighted by molar-refractivity contribution is 5.70. The van der Waals surface area contributed by atoms with Gasteiger partial charge in [0, 0.05) is 18.7 Å². The normalized spacial score (nSPS) is 26.5. The first kappa shape index (κ1) is 14.0. The molecule has 104 valence electrons. The second kappa shape index (κ2) is 5.72. The fourth-order valence-corrected chi connectivity index (χ4v) is 2.32. The van der Waals surface area contributed by atoms with E-state index in [-0.39, 0.29) is 18.1 Å². The molecule has 0 aromatic heterocycles. The Morgan fingerprint density at radius 3 is 2.58 bits per heavy atom. The van der Waals surface area contributed by atoms with Gasteiger partial charge < -0.3 is 15.2 Å². The molecule has 1 aromatic carbocycles. The van der Waals surface area contributed by atoms with Gasteiger partial charge in [0.05, 0.1) is 12.5 Å². The molecule has 1 heterocycles. The third-order valence-corrected chi connectivity index (χ3v) is 3.96. The number of ether oxygens (including phenoxy) is 1. The summed E-state index contributed by atoms with van der Waals surface area (Å²) in [5.74, 6) is -0.796. The summed E-state index contributed by atoms with van der Waals surface area (Å²) in [6, 6.07) is 7.72. The van der Waals surface area contributed by atoms with Gasteiger partial charge in [0.1, 0.15) is 0 Å². The summed E-state index contributed by atoms with van der Waals surface area (Å²) in [5.41, 5.74) is 2.02. The minimum Gasteiger partial charge on any atom is -0.481 e. The molecule has 1 fully saturated rings. The molecule has 0 saturated carbocycles. The molecule has 0 amide bonds. The lowest BCUT2D eigenvalue weighted by Crippen LogP contribution is -2.47. The van der Waals surface area contributed by atoms with Crippen LogP contribution in [0.25, 0.3) is 0 Å². The van der Waals surface area contributed by atoms with E-state index in [0.29, 0.717) is 0 Å². The van der Waals surface area contributed by atoms with Crippen molar-refractivity contribution in [3.8, 4) is 0 Å². The van der Waals surface area contributed by atoms with Gasteiger partial charge in [-0.25, -0.2) is 0 Å². The van der Waals surface area contributed by atoms with Crippen LogP contribution in [0.4, 0.5) is 0 Å². The maximum absolute atomic E-state index is 10.6. The number of hydrogen-bond donors (Lipinski definition) is 2. The zero-order valence-electron chi connectivity index (χ0n) is 11.5. The Balaban J connectivity index is 1.91. The molecule has 4 heteroatoms. The largest absolute Gasteiger partial charge is 0.481 e.